The molecule has 0 aliphatic rings. The Morgan fingerprint density at radius 2 is 2.38 bits per heavy atom. The Bertz CT molecular complexity index is 331. The SMILES string of the molecule is CPNC(=O)c1ccc(NCCSC)nc1. The molecular weight excluding hydrogens is 241 g/mol. The Kier molecular flexibility index (Phi) is 6.19. The van der Waals surface area contributed by atoms with Gasteiger partial charge in [-0.05, 0) is 33.8 Å². The van der Waals surface area contributed by atoms with E-state index in [0.717, 1.165) is 18.1 Å². The second-order valence-electron chi connectivity index (χ2n) is 3.06. The maximum atomic E-state index is 11.4. The van der Waals surface area contributed by atoms with Crippen LogP contribution < -0.4 is 10.4 Å². The number of hydrogen-bond donors (Lipinski definition) is 2. The second-order valence-corrected chi connectivity index (χ2v) is 4.79. The quantitative estimate of drug-likeness (QED) is 0.603. The van der Waals surface area contributed by atoms with Gasteiger partial charge in [0.2, 0.25) is 0 Å². The van der Waals surface area contributed by atoms with E-state index in [1.807, 2.05) is 12.7 Å². The topological polar surface area (TPSA) is 54.0 Å². The fraction of sp³-hybridized carbons (Fsp3) is 0.400. The zero-order chi connectivity index (χ0) is 11.8. The van der Waals surface area contributed by atoms with Crippen molar-refractivity contribution in [3.8, 4) is 0 Å². The largest absolute Gasteiger partial charge is 0.369 e. The van der Waals surface area contributed by atoms with Crippen molar-refractivity contribution in [3.63, 3.8) is 0 Å². The minimum absolute atomic E-state index is 0.0657. The fourth-order valence-corrected chi connectivity index (χ4v) is 1.78. The van der Waals surface area contributed by atoms with E-state index in [9.17, 15) is 4.79 Å². The summed E-state index contributed by atoms with van der Waals surface area (Å²) in [6.07, 6.45) is 3.66. The van der Waals surface area contributed by atoms with Crippen molar-refractivity contribution < 1.29 is 4.79 Å². The van der Waals surface area contributed by atoms with Crippen LogP contribution in [0.1, 0.15) is 10.4 Å². The third-order valence-electron chi connectivity index (χ3n) is 1.88. The smallest absolute Gasteiger partial charge is 0.255 e. The number of hydrogen-bond acceptors (Lipinski definition) is 4. The summed E-state index contributed by atoms with van der Waals surface area (Å²) in [4.78, 5) is 15.6. The predicted octanol–water partition coefficient (Wildman–Crippen LogP) is 1.81. The van der Waals surface area contributed by atoms with E-state index in [4.69, 9.17) is 0 Å². The Morgan fingerprint density at radius 3 is 2.94 bits per heavy atom. The van der Waals surface area contributed by atoms with Gasteiger partial charge in [0, 0.05) is 18.5 Å². The molecule has 0 aliphatic heterocycles. The number of aromatic nitrogens is 1. The number of thioether (sulfide) groups is 1. The van der Waals surface area contributed by atoms with Crippen LogP contribution in [-0.2, 0) is 0 Å². The van der Waals surface area contributed by atoms with Gasteiger partial charge >= 0.3 is 0 Å². The molecule has 1 aromatic heterocycles. The third-order valence-corrected chi connectivity index (χ3v) is 2.97. The van der Waals surface area contributed by atoms with E-state index in [1.54, 1.807) is 24.0 Å². The van der Waals surface area contributed by atoms with Gasteiger partial charge in [-0.15, -0.1) is 0 Å². The monoisotopic (exact) mass is 257 g/mol. The van der Waals surface area contributed by atoms with E-state index in [1.165, 1.54) is 0 Å². The average Bonchev–Trinajstić information content (AvgIpc) is 2.30. The number of carbonyl (C=O) groups is 1. The predicted molar refractivity (Wildman–Crippen MR) is 72.8 cm³/mol. The first-order valence-corrected chi connectivity index (χ1v) is 7.83. The molecule has 6 heteroatoms. The Balaban J connectivity index is 2.50. The zero-order valence-corrected chi connectivity index (χ0v) is 11.2. The zero-order valence-electron chi connectivity index (χ0n) is 9.41. The van der Waals surface area contributed by atoms with Gasteiger partial charge in [0.05, 0.1) is 5.56 Å². The number of pyridine rings is 1. The molecule has 0 bridgehead atoms. The number of rotatable bonds is 6. The van der Waals surface area contributed by atoms with Gasteiger partial charge in [0.25, 0.3) is 5.91 Å². The lowest BCUT2D eigenvalue weighted by Crippen LogP contribution is -2.14. The van der Waals surface area contributed by atoms with E-state index in [2.05, 4.69) is 21.6 Å². The standard InChI is InChI=1S/C10H16N3OPS/c1-15-13-10(14)8-3-4-9(12-7-8)11-5-6-16-2/h3-4,7,15H,5-6H2,1-2H3,(H,11,12)(H,13,14). The molecule has 16 heavy (non-hydrogen) atoms. The highest BCUT2D eigenvalue weighted by Gasteiger charge is 2.03. The van der Waals surface area contributed by atoms with Crippen LogP contribution in [0.2, 0.25) is 0 Å². The van der Waals surface area contributed by atoms with Gasteiger partial charge in [0.1, 0.15) is 5.82 Å². The number of amides is 1. The van der Waals surface area contributed by atoms with Crippen LogP contribution in [-0.4, -0.2) is 36.1 Å². The molecule has 4 nitrogen and oxygen atoms in total. The molecule has 0 fully saturated rings. The van der Waals surface area contributed by atoms with Crippen LogP contribution in [0.15, 0.2) is 18.3 Å². The molecule has 1 amide bonds. The summed E-state index contributed by atoms with van der Waals surface area (Å²) in [6, 6.07) is 3.61. The van der Waals surface area contributed by atoms with Crippen molar-refractivity contribution in [1.82, 2.24) is 10.1 Å². The summed E-state index contributed by atoms with van der Waals surface area (Å²) in [5.74, 6) is 1.79. The Labute approximate surface area is 102 Å². The van der Waals surface area contributed by atoms with Gasteiger partial charge in [-0.1, -0.05) is 0 Å². The number of nitrogens with zero attached hydrogens (tertiary/aromatic N) is 1. The Morgan fingerprint density at radius 1 is 1.56 bits per heavy atom. The fourth-order valence-electron chi connectivity index (χ4n) is 1.10. The lowest BCUT2D eigenvalue weighted by Gasteiger charge is -2.05. The molecule has 88 valence electrons. The van der Waals surface area contributed by atoms with Crippen LogP contribution in [0.5, 0.6) is 0 Å². The molecule has 0 radical (unpaired) electrons. The summed E-state index contributed by atoms with van der Waals surface area (Å²) in [6.45, 7) is 2.81. The Hall–Kier alpha value is -0.800. The highest BCUT2D eigenvalue weighted by atomic mass is 32.2. The maximum Gasteiger partial charge on any atom is 0.255 e. The molecule has 1 heterocycles. The van der Waals surface area contributed by atoms with Crippen LogP contribution in [0, 0.1) is 0 Å². The van der Waals surface area contributed by atoms with Gasteiger partial charge in [-0.2, -0.15) is 11.8 Å². The number of anilines is 1. The minimum Gasteiger partial charge on any atom is -0.369 e. The van der Waals surface area contributed by atoms with Crippen molar-refractivity contribution >= 4 is 32.2 Å². The highest BCUT2D eigenvalue weighted by Crippen LogP contribution is 2.07. The van der Waals surface area contributed by atoms with Crippen molar-refractivity contribution in [3.05, 3.63) is 23.9 Å². The lowest BCUT2D eigenvalue weighted by atomic mass is 10.3. The van der Waals surface area contributed by atoms with Crippen molar-refractivity contribution in [2.24, 2.45) is 0 Å². The molecule has 0 spiro atoms. The highest BCUT2D eigenvalue weighted by molar-refractivity contribution is 7.98. The summed E-state index contributed by atoms with van der Waals surface area (Å²) in [7, 11) is 0.415. The first kappa shape index (κ1) is 13.3. The molecule has 1 rings (SSSR count). The molecule has 0 saturated carbocycles. The summed E-state index contributed by atoms with van der Waals surface area (Å²) in [5.41, 5.74) is 0.602. The summed E-state index contributed by atoms with van der Waals surface area (Å²) < 4.78 is 0. The van der Waals surface area contributed by atoms with E-state index in [-0.39, 0.29) is 5.91 Å². The normalized spacial score (nSPS) is 10.6. The molecule has 1 atom stereocenters. The molecule has 0 aliphatic carbocycles. The van der Waals surface area contributed by atoms with Gasteiger partial charge in [-0.3, -0.25) is 4.79 Å². The van der Waals surface area contributed by atoms with Gasteiger partial charge < -0.3 is 10.4 Å². The molecule has 2 N–H and O–H groups in total. The van der Waals surface area contributed by atoms with Gasteiger partial charge in [-0.25, -0.2) is 4.98 Å². The lowest BCUT2D eigenvalue weighted by molar-refractivity contribution is 0.0983. The average molecular weight is 257 g/mol. The van der Waals surface area contributed by atoms with Crippen molar-refractivity contribution in [1.29, 1.82) is 0 Å². The first-order valence-electron chi connectivity index (χ1n) is 4.94. The van der Waals surface area contributed by atoms with Crippen LogP contribution >= 0.6 is 20.5 Å². The van der Waals surface area contributed by atoms with E-state index in [0.29, 0.717) is 14.3 Å². The van der Waals surface area contributed by atoms with Crippen molar-refractivity contribution in [2.75, 3.05) is 30.5 Å². The molecule has 0 saturated heterocycles. The van der Waals surface area contributed by atoms with E-state index < -0.39 is 0 Å². The van der Waals surface area contributed by atoms with Crippen molar-refractivity contribution in [2.45, 2.75) is 0 Å². The second kappa shape index (κ2) is 7.47. The maximum absolute atomic E-state index is 11.4. The summed E-state index contributed by atoms with van der Waals surface area (Å²) in [5, 5.41) is 5.94. The molecule has 0 aromatic carbocycles. The molecular formula is C10H16N3OPS. The van der Waals surface area contributed by atoms with Crippen LogP contribution in [0.25, 0.3) is 0 Å². The number of nitrogens with one attached hydrogen (secondary N) is 2. The van der Waals surface area contributed by atoms with Crippen LogP contribution in [0.4, 0.5) is 5.82 Å². The molecule has 1 aromatic rings. The summed E-state index contributed by atoms with van der Waals surface area (Å²) >= 11 is 1.78. The van der Waals surface area contributed by atoms with E-state index >= 15 is 0 Å². The van der Waals surface area contributed by atoms with Crippen LogP contribution in [0.3, 0.4) is 0 Å². The minimum atomic E-state index is -0.0657. The molecule has 1 unspecified atom stereocenters. The van der Waals surface area contributed by atoms with Gasteiger partial charge in [0.15, 0.2) is 0 Å². The number of carbonyl (C=O) groups excluding carboxylic acids is 1. The first-order chi connectivity index (χ1) is 7.77. The third kappa shape index (κ3) is 4.37.